The summed E-state index contributed by atoms with van der Waals surface area (Å²) in [5.74, 6) is 0. The average molecular weight is 173 g/mol. The molecule has 0 fully saturated rings. The van der Waals surface area contributed by atoms with Gasteiger partial charge in [-0.25, -0.2) is 0 Å². The third-order valence-electron chi connectivity index (χ3n) is 1.87. The fraction of sp³-hybridized carbons (Fsp3) is 0.308. The summed E-state index contributed by atoms with van der Waals surface area (Å²) in [7, 11) is 0. The maximum absolute atomic E-state index is 2.25. The van der Waals surface area contributed by atoms with Crippen molar-refractivity contribution in [2.45, 2.75) is 25.7 Å². The van der Waals surface area contributed by atoms with E-state index in [1.54, 1.807) is 0 Å². The molecule has 0 saturated carbocycles. The Kier molecular flexibility index (Phi) is 5.87. The molecule has 0 heteroatoms. The molecule has 13 heavy (non-hydrogen) atoms. The zero-order valence-corrected chi connectivity index (χ0v) is 8.02. The lowest BCUT2D eigenvalue weighted by Crippen LogP contribution is -1.65. The molecule has 1 aliphatic rings. The minimum atomic E-state index is 1.03. The lowest BCUT2D eigenvalue weighted by atomic mass is 10.2. The van der Waals surface area contributed by atoms with Gasteiger partial charge in [-0.3, -0.25) is 0 Å². The lowest BCUT2D eigenvalue weighted by molar-refractivity contribution is 1.04. The number of hydrogen-bond donors (Lipinski definition) is 0. The van der Waals surface area contributed by atoms with E-state index in [4.69, 9.17) is 0 Å². The second-order valence-electron chi connectivity index (χ2n) is 3.04. The maximum Gasteiger partial charge on any atom is -0.0133 e. The molecule has 69 valence electrons. The molecule has 0 N–H and O–H groups in total. The molecule has 0 heterocycles. The molecule has 0 atom stereocenters. The van der Waals surface area contributed by atoms with E-state index >= 15 is 0 Å². The molecule has 0 amide bonds. The lowest BCUT2D eigenvalue weighted by Gasteiger charge is -1.85. The highest BCUT2D eigenvalue weighted by molar-refractivity contribution is 5.08. The molecule has 0 spiro atoms. The highest BCUT2D eigenvalue weighted by Gasteiger charge is 1.79. The molecule has 0 saturated heterocycles. The summed E-state index contributed by atoms with van der Waals surface area (Å²) in [6.07, 6.45) is 24.0. The standard InChI is InChI=1S/C13H17/c1-2-4-6-8-10-12-13-11-9-7-5-3-1/h1-4,7,9-12H,5-6,8,13H2/b3-1+,4-2+,11-9+,12-10+. The highest BCUT2D eigenvalue weighted by Crippen LogP contribution is 1.99. The summed E-state index contributed by atoms with van der Waals surface area (Å²) in [5, 5.41) is 0. The summed E-state index contributed by atoms with van der Waals surface area (Å²) in [6, 6.07) is 0. The van der Waals surface area contributed by atoms with E-state index in [0.717, 1.165) is 25.7 Å². The van der Waals surface area contributed by atoms with Crippen LogP contribution in [0.2, 0.25) is 0 Å². The third-order valence-corrected chi connectivity index (χ3v) is 1.87. The van der Waals surface area contributed by atoms with Crippen LogP contribution in [0.4, 0.5) is 0 Å². The van der Waals surface area contributed by atoms with Crippen LogP contribution in [-0.4, -0.2) is 0 Å². The largest absolute Gasteiger partial charge is 0.0879 e. The average Bonchev–Trinajstić information content (AvgIpc) is 2.18. The minimum absolute atomic E-state index is 1.03. The summed E-state index contributed by atoms with van der Waals surface area (Å²) in [6.45, 7) is 0. The second-order valence-corrected chi connectivity index (χ2v) is 3.04. The van der Waals surface area contributed by atoms with Crippen LogP contribution in [0.15, 0.2) is 48.6 Å². The molecule has 0 bridgehead atoms. The monoisotopic (exact) mass is 173 g/mol. The Balaban J connectivity index is 2.38. The van der Waals surface area contributed by atoms with Gasteiger partial charge in [0, 0.05) is 0 Å². The SMILES string of the molecule is [CH]1/C=C/C/C=C/CC/C=C/C=C/C1. The molecule has 1 rings (SSSR count). The first kappa shape index (κ1) is 10.0. The Hall–Kier alpha value is -1.04. The molecule has 0 aromatic heterocycles. The van der Waals surface area contributed by atoms with Gasteiger partial charge in [0.25, 0.3) is 0 Å². The van der Waals surface area contributed by atoms with Gasteiger partial charge in [-0.15, -0.1) is 0 Å². The van der Waals surface area contributed by atoms with Gasteiger partial charge in [0.1, 0.15) is 0 Å². The topological polar surface area (TPSA) is 0 Å². The van der Waals surface area contributed by atoms with Gasteiger partial charge in [0.05, 0.1) is 0 Å². The van der Waals surface area contributed by atoms with E-state index in [-0.39, 0.29) is 0 Å². The van der Waals surface area contributed by atoms with E-state index < -0.39 is 0 Å². The first-order valence-corrected chi connectivity index (χ1v) is 4.95. The van der Waals surface area contributed by atoms with Crippen molar-refractivity contribution >= 4 is 0 Å². The van der Waals surface area contributed by atoms with E-state index in [1.807, 2.05) is 0 Å². The van der Waals surface area contributed by atoms with Gasteiger partial charge < -0.3 is 0 Å². The zero-order chi connectivity index (χ0) is 9.19. The predicted molar refractivity (Wildman–Crippen MR) is 59.3 cm³/mol. The van der Waals surface area contributed by atoms with Crippen molar-refractivity contribution in [3.63, 3.8) is 0 Å². The third kappa shape index (κ3) is 6.15. The second kappa shape index (κ2) is 7.60. The smallest absolute Gasteiger partial charge is 0.0133 e. The molecular formula is C13H17. The van der Waals surface area contributed by atoms with E-state index in [0.29, 0.717) is 0 Å². The van der Waals surface area contributed by atoms with E-state index in [9.17, 15) is 0 Å². The van der Waals surface area contributed by atoms with Crippen LogP contribution >= 0.6 is 0 Å². The van der Waals surface area contributed by atoms with Crippen molar-refractivity contribution in [3.05, 3.63) is 55.0 Å². The van der Waals surface area contributed by atoms with E-state index in [1.165, 1.54) is 0 Å². The van der Waals surface area contributed by atoms with Crippen molar-refractivity contribution in [2.24, 2.45) is 0 Å². The van der Waals surface area contributed by atoms with Crippen LogP contribution in [0.1, 0.15) is 25.7 Å². The molecule has 0 nitrogen and oxygen atoms in total. The molecule has 0 unspecified atom stereocenters. The van der Waals surface area contributed by atoms with Crippen molar-refractivity contribution in [2.75, 3.05) is 0 Å². The number of rotatable bonds is 0. The van der Waals surface area contributed by atoms with Crippen molar-refractivity contribution in [3.8, 4) is 0 Å². The van der Waals surface area contributed by atoms with Crippen LogP contribution in [0.3, 0.4) is 0 Å². The van der Waals surface area contributed by atoms with Crippen LogP contribution in [-0.2, 0) is 0 Å². The normalized spacial score (nSPS) is 28.9. The fourth-order valence-electron chi connectivity index (χ4n) is 1.15. The molecule has 1 radical (unpaired) electrons. The highest BCUT2D eigenvalue weighted by atomic mass is 13.9. The summed E-state index contributed by atoms with van der Waals surface area (Å²) < 4.78 is 0. The summed E-state index contributed by atoms with van der Waals surface area (Å²) >= 11 is 0. The number of allylic oxidation sites excluding steroid dienone is 8. The molecular weight excluding hydrogens is 156 g/mol. The quantitative estimate of drug-likeness (QED) is 0.486. The summed E-state index contributed by atoms with van der Waals surface area (Å²) in [5.41, 5.74) is 0. The molecule has 1 aliphatic carbocycles. The Labute approximate surface area is 81.4 Å². The molecule has 0 aromatic rings. The van der Waals surface area contributed by atoms with Gasteiger partial charge in [0.2, 0.25) is 0 Å². The van der Waals surface area contributed by atoms with Gasteiger partial charge in [-0.2, -0.15) is 0 Å². The van der Waals surface area contributed by atoms with Crippen molar-refractivity contribution in [1.29, 1.82) is 0 Å². The Morgan fingerprint density at radius 1 is 0.538 bits per heavy atom. The van der Waals surface area contributed by atoms with Gasteiger partial charge in [0.15, 0.2) is 0 Å². The maximum atomic E-state index is 2.25. The van der Waals surface area contributed by atoms with Gasteiger partial charge >= 0.3 is 0 Å². The van der Waals surface area contributed by atoms with Crippen molar-refractivity contribution < 1.29 is 0 Å². The van der Waals surface area contributed by atoms with Crippen molar-refractivity contribution in [1.82, 2.24) is 0 Å². The Morgan fingerprint density at radius 2 is 1.31 bits per heavy atom. The zero-order valence-electron chi connectivity index (χ0n) is 8.02. The summed E-state index contributed by atoms with van der Waals surface area (Å²) in [4.78, 5) is 0. The van der Waals surface area contributed by atoms with Crippen LogP contribution < -0.4 is 0 Å². The van der Waals surface area contributed by atoms with Gasteiger partial charge in [-0.05, 0) is 32.1 Å². The fourth-order valence-corrected chi connectivity index (χ4v) is 1.15. The van der Waals surface area contributed by atoms with Gasteiger partial charge in [-0.1, -0.05) is 48.6 Å². The minimum Gasteiger partial charge on any atom is -0.0879 e. The number of hydrogen-bond acceptors (Lipinski definition) is 0. The Bertz CT molecular complexity index is 192. The van der Waals surface area contributed by atoms with Crippen LogP contribution in [0.5, 0.6) is 0 Å². The molecule has 0 aliphatic heterocycles. The van der Waals surface area contributed by atoms with Crippen LogP contribution in [0.25, 0.3) is 0 Å². The predicted octanol–water partition coefficient (Wildman–Crippen LogP) is 3.99. The van der Waals surface area contributed by atoms with E-state index in [2.05, 4.69) is 55.0 Å². The first-order chi connectivity index (χ1) is 6.50. The molecule has 0 aromatic carbocycles. The first-order valence-electron chi connectivity index (χ1n) is 4.95. The Morgan fingerprint density at radius 3 is 2.31 bits per heavy atom. The van der Waals surface area contributed by atoms with Crippen LogP contribution in [0, 0.1) is 6.42 Å².